The van der Waals surface area contributed by atoms with Crippen molar-refractivity contribution in [2.45, 2.75) is 89.2 Å². The van der Waals surface area contributed by atoms with E-state index in [2.05, 4.69) is 4.57 Å². The Kier molecular flexibility index (Phi) is 7.02. The first-order chi connectivity index (χ1) is 18.4. The molecule has 2 aliphatic heterocycles. The lowest BCUT2D eigenvalue weighted by Gasteiger charge is -2.38. The van der Waals surface area contributed by atoms with Gasteiger partial charge in [-0.25, -0.2) is 4.98 Å². The van der Waals surface area contributed by atoms with Gasteiger partial charge in [0.15, 0.2) is 0 Å². The number of carbonyl (C=O) groups is 2. The zero-order chi connectivity index (χ0) is 26.3. The number of aromatic nitrogens is 2. The van der Waals surface area contributed by atoms with E-state index in [1.54, 1.807) is 9.80 Å². The molecule has 0 bridgehead atoms. The van der Waals surface area contributed by atoms with Crippen molar-refractivity contribution in [2.24, 2.45) is 5.41 Å². The molecule has 1 saturated heterocycles. The summed E-state index contributed by atoms with van der Waals surface area (Å²) in [6, 6.07) is 7.62. The Morgan fingerprint density at radius 1 is 0.789 bits per heavy atom. The van der Waals surface area contributed by atoms with Crippen molar-refractivity contribution < 1.29 is 14.7 Å². The van der Waals surface area contributed by atoms with Gasteiger partial charge < -0.3 is 19.5 Å². The number of aliphatic hydroxyl groups is 1. The maximum Gasteiger partial charge on any atom is 0.254 e. The van der Waals surface area contributed by atoms with Gasteiger partial charge in [-0.1, -0.05) is 62.3 Å². The third-order valence-corrected chi connectivity index (χ3v) is 9.81. The second kappa shape index (κ2) is 10.3. The number of hydrogen-bond donors (Lipinski definition) is 1. The highest BCUT2D eigenvalue weighted by molar-refractivity contribution is 6.32. The first-order valence-corrected chi connectivity index (χ1v) is 14.9. The van der Waals surface area contributed by atoms with Gasteiger partial charge in [0.05, 0.1) is 0 Å². The molecule has 2 saturated carbocycles. The Morgan fingerprint density at radius 2 is 1.39 bits per heavy atom. The number of nitrogens with zero attached hydrogens (tertiary/aromatic N) is 4. The SMILES string of the molecule is O=C(c1ccc(-c2nc3n(c2Cl)CCC2(CCCCCCCC2)C3)cc1)N1CCN(C(=O)C2(O)CC2)CC1. The van der Waals surface area contributed by atoms with Crippen molar-refractivity contribution in [3.05, 3.63) is 40.8 Å². The summed E-state index contributed by atoms with van der Waals surface area (Å²) < 4.78 is 2.20. The lowest BCUT2D eigenvalue weighted by molar-refractivity contribution is -0.143. The second-order valence-electron chi connectivity index (χ2n) is 12.1. The Hall–Kier alpha value is -2.38. The summed E-state index contributed by atoms with van der Waals surface area (Å²) >= 11 is 6.86. The van der Waals surface area contributed by atoms with Crippen LogP contribution in [0.1, 0.15) is 86.8 Å². The van der Waals surface area contributed by atoms with Gasteiger partial charge >= 0.3 is 0 Å². The Balaban J connectivity index is 1.12. The van der Waals surface area contributed by atoms with Crippen molar-refractivity contribution >= 4 is 23.4 Å². The average molecular weight is 539 g/mol. The van der Waals surface area contributed by atoms with E-state index >= 15 is 0 Å². The minimum absolute atomic E-state index is 0.0360. The largest absolute Gasteiger partial charge is 0.380 e. The van der Waals surface area contributed by atoms with E-state index in [9.17, 15) is 14.7 Å². The van der Waals surface area contributed by atoms with Gasteiger partial charge in [0.2, 0.25) is 0 Å². The molecule has 3 heterocycles. The minimum Gasteiger partial charge on any atom is -0.380 e. The van der Waals surface area contributed by atoms with Crippen LogP contribution in [-0.2, 0) is 17.8 Å². The van der Waals surface area contributed by atoms with Crippen LogP contribution in [0.15, 0.2) is 24.3 Å². The fourth-order valence-corrected chi connectivity index (χ4v) is 7.08. The van der Waals surface area contributed by atoms with Gasteiger partial charge in [-0.05, 0) is 49.7 Å². The predicted octanol–water partition coefficient (Wildman–Crippen LogP) is 5.08. The molecule has 8 heteroatoms. The van der Waals surface area contributed by atoms with E-state index in [0.717, 1.165) is 30.0 Å². The van der Waals surface area contributed by atoms with Gasteiger partial charge in [-0.15, -0.1) is 0 Å². The first-order valence-electron chi connectivity index (χ1n) is 14.5. The van der Waals surface area contributed by atoms with Crippen LogP contribution < -0.4 is 0 Å². The van der Waals surface area contributed by atoms with E-state index in [1.165, 1.54) is 57.8 Å². The molecule has 1 aromatic heterocycles. The van der Waals surface area contributed by atoms with Crippen LogP contribution in [0.25, 0.3) is 11.3 Å². The number of carbonyl (C=O) groups excluding carboxylic acids is 2. The Bertz CT molecular complexity index is 1180. The van der Waals surface area contributed by atoms with Crippen LogP contribution in [0.2, 0.25) is 5.15 Å². The zero-order valence-electron chi connectivity index (χ0n) is 22.3. The van der Waals surface area contributed by atoms with Crippen molar-refractivity contribution in [1.82, 2.24) is 19.4 Å². The third kappa shape index (κ3) is 5.00. The van der Waals surface area contributed by atoms with Crippen molar-refractivity contribution in [3.63, 3.8) is 0 Å². The Morgan fingerprint density at radius 3 is 2.03 bits per heavy atom. The summed E-state index contributed by atoms with van der Waals surface area (Å²) in [6.45, 7) is 2.81. The molecule has 1 N–H and O–H groups in total. The molecule has 4 aliphatic rings. The number of rotatable bonds is 3. The number of benzene rings is 1. The molecule has 2 aliphatic carbocycles. The summed E-state index contributed by atoms with van der Waals surface area (Å²) in [7, 11) is 0. The quantitative estimate of drug-likeness (QED) is 0.591. The predicted molar refractivity (Wildman–Crippen MR) is 147 cm³/mol. The van der Waals surface area contributed by atoms with Gasteiger partial charge in [-0.3, -0.25) is 9.59 Å². The number of fused-ring (bicyclic) bond motifs is 1. The molecule has 2 aromatic rings. The van der Waals surface area contributed by atoms with Crippen LogP contribution in [0.3, 0.4) is 0 Å². The molecule has 38 heavy (non-hydrogen) atoms. The fraction of sp³-hybridized carbons (Fsp3) is 0.633. The molecule has 0 unspecified atom stereocenters. The van der Waals surface area contributed by atoms with Gasteiger partial charge in [-0.2, -0.15) is 0 Å². The summed E-state index contributed by atoms with van der Waals surface area (Å²) in [5, 5.41) is 10.8. The highest BCUT2D eigenvalue weighted by atomic mass is 35.5. The lowest BCUT2D eigenvalue weighted by Crippen LogP contribution is -2.53. The highest BCUT2D eigenvalue weighted by Crippen LogP contribution is 2.45. The fourth-order valence-electron chi connectivity index (χ4n) is 6.75. The maximum atomic E-state index is 13.1. The van der Waals surface area contributed by atoms with Crippen LogP contribution in [0.4, 0.5) is 0 Å². The van der Waals surface area contributed by atoms with E-state index < -0.39 is 5.60 Å². The summed E-state index contributed by atoms with van der Waals surface area (Å²) in [5.41, 5.74) is 1.59. The molecule has 0 radical (unpaired) electrons. The standard InChI is InChI=1S/C30H39ClN4O3/c31-26-25(32-24-21-29(15-16-35(24)26)11-5-3-1-2-4-6-12-29)22-7-9-23(10-8-22)27(36)33-17-19-34(20-18-33)28(37)30(38)13-14-30/h7-10,38H,1-6,11-21H2. The van der Waals surface area contributed by atoms with Crippen LogP contribution in [-0.4, -0.2) is 68.1 Å². The van der Waals surface area contributed by atoms with E-state index in [0.29, 0.717) is 55.2 Å². The highest BCUT2D eigenvalue weighted by Gasteiger charge is 2.50. The van der Waals surface area contributed by atoms with E-state index in [1.807, 2.05) is 24.3 Å². The molecule has 7 nitrogen and oxygen atoms in total. The topological polar surface area (TPSA) is 78.7 Å². The number of halogens is 1. The number of piperazine rings is 1. The number of imidazole rings is 1. The number of amides is 2. The van der Waals surface area contributed by atoms with Gasteiger partial charge in [0, 0.05) is 50.3 Å². The van der Waals surface area contributed by atoms with Gasteiger partial charge in [0.1, 0.15) is 22.3 Å². The molecule has 1 aromatic carbocycles. The van der Waals surface area contributed by atoms with Crippen LogP contribution in [0, 0.1) is 5.41 Å². The summed E-state index contributed by atoms with van der Waals surface area (Å²) in [6.07, 6.45) is 14.0. The molecule has 1 spiro atoms. The summed E-state index contributed by atoms with van der Waals surface area (Å²) in [5.74, 6) is 0.884. The average Bonchev–Trinajstić information content (AvgIpc) is 3.59. The second-order valence-corrected chi connectivity index (χ2v) is 12.4. The lowest BCUT2D eigenvalue weighted by atomic mass is 9.72. The first kappa shape index (κ1) is 25.9. The Labute approximate surface area is 230 Å². The molecule has 0 atom stereocenters. The van der Waals surface area contributed by atoms with Crippen molar-refractivity contribution in [1.29, 1.82) is 0 Å². The van der Waals surface area contributed by atoms with Gasteiger partial charge in [0.25, 0.3) is 11.8 Å². The number of hydrogen-bond acceptors (Lipinski definition) is 4. The normalized spacial score (nSPS) is 22.8. The third-order valence-electron chi connectivity index (χ3n) is 9.43. The summed E-state index contributed by atoms with van der Waals surface area (Å²) in [4.78, 5) is 34.0. The molecular weight excluding hydrogens is 500 g/mol. The van der Waals surface area contributed by atoms with Crippen molar-refractivity contribution in [3.8, 4) is 11.3 Å². The minimum atomic E-state index is -1.15. The van der Waals surface area contributed by atoms with E-state index in [-0.39, 0.29) is 11.8 Å². The van der Waals surface area contributed by atoms with Crippen LogP contribution in [0.5, 0.6) is 0 Å². The zero-order valence-corrected chi connectivity index (χ0v) is 23.0. The molecule has 3 fully saturated rings. The van der Waals surface area contributed by atoms with Crippen LogP contribution >= 0.6 is 11.6 Å². The smallest absolute Gasteiger partial charge is 0.254 e. The maximum absolute atomic E-state index is 13.1. The molecule has 2 amide bonds. The molecule has 204 valence electrons. The van der Waals surface area contributed by atoms with Crippen molar-refractivity contribution in [2.75, 3.05) is 26.2 Å². The molecule has 6 rings (SSSR count). The van der Waals surface area contributed by atoms with E-state index in [4.69, 9.17) is 16.6 Å². The monoisotopic (exact) mass is 538 g/mol. The molecular formula is C30H39ClN4O3.